The lowest BCUT2D eigenvalue weighted by atomic mass is 9.92. The monoisotopic (exact) mass is 901 g/mol. The van der Waals surface area contributed by atoms with Gasteiger partial charge in [-0.1, -0.05) is 120 Å². The van der Waals surface area contributed by atoms with Gasteiger partial charge in [-0.15, -0.1) is 0 Å². The molecule has 0 N–H and O–H groups in total. The summed E-state index contributed by atoms with van der Waals surface area (Å²) < 4.78 is 90.9. The van der Waals surface area contributed by atoms with Crippen LogP contribution in [-0.2, 0) is 12.4 Å². The zero-order valence-corrected chi connectivity index (χ0v) is 36.5. The first kappa shape index (κ1) is 42.3. The minimum absolute atomic E-state index is 0.0468. The molecule has 0 aliphatic carbocycles. The Labute approximate surface area is 387 Å². The Bertz CT molecular complexity index is 3840. The van der Waals surface area contributed by atoms with Gasteiger partial charge in [-0.05, 0) is 126 Å². The normalized spacial score (nSPS) is 12.1. The third kappa shape index (κ3) is 7.17. The van der Waals surface area contributed by atoms with Crippen molar-refractivity contribution in [3.05, 3.63) is 216 Å². The highest BCUT2D eigenvalue weighted by molar-refractivity contribution is 6.13. The second-order valence-electron chi connectivity index (χ2n) is 17.2. The first-order valence-corrected chi connectivity index (χ1v) is 21.9. The first-order chi connectivity index (χ1) is 32.7. The summed E-state index contributed by atoms with van der Waals surface area (Å²) in [6, 6.07) is 59.1. The average Bonchev–Trinajstić information content (AvgIpc) is 3.85. The van der Waals surface area contributed by atoms with Crippen LogP contribution in [0.1, 0.15) is 27.8 Å². The molecule has 0 aliphatic rings. The molecule has 0 atom stereocenters. The van der Waals surface area contributed by atoms with E-state index in [1.165, 1.54) is 6.07 Å². The Morgan fingerprint density at radius 1 is 0.382 bits per heavy atom. The molecule has 0 unspecified atom stereocenters. The van der Waals surface area contributed by atoms with Crippen LogP contribution >= 0.6 is 0 Å². The predicted octanol–water partition coefficient (Wildman–Crippen LogP) is 17.1. The van der Waals surface area contributed by atoms with Crippen LogP contribution in [0, 0.1) is 25.2 Å². The van der Waals surface area contributed by atoms with E-state index in [1.807, 2.05) is 74.5 Å². The van der Waals surface area contributed by atoms with Gasteiger partial charge >= 0.3 is 12.4 Å². The van der Waals surface area contributed by atoms with E-state index >= 15 is 0 Å². The second kappa shape index (κ2) is 15.9. The molecule has 0 spiro atoms. The van der Waals surface area contributed by atoms with Crippen molar-refractivity contribution in [3.63, 3.8) is 0 Å². The van der Waals surface area contributed by atoms with Crippen LogP contribution in [0.3, 0.4) is 0 Å². The van der Waals surface area contributed by atoms with E-state index in [0.717, 1.165) is 83.1 Å². The van der Waals surface area contributed by atoms with Crippen molar-refractivity contribution in [1.29, 1.82) is 5.26 Å². The van der Waals surface area contributed by atoms with Crippen LogP contribution < -0.4 is 0 Å². The summed E-state index contributed by atoms with van der Waals surface area (Å²) in [7, 11) is 0. The summed E-state index contributed by atoms with van der Waals surface area (Å²) in [6.07, 6.45) is -10.1. The van der Waals surface area contributed by atoms with E-state index in [2.05, 4.69) is 94.1 Å². The molecule has 0 fully saturated rings. The van der Waals surface area contributed by atoms with Gasteiger partial charge in [0.15, 0.2) is 0 Å². The molecule has 0 amide bonds. The fourth-order valence-corrected chi connectivity index (χ4v) is 9.65. The number of hydrogen-bond donors (Lipinski definition) is 0. The fourth-order valence-electron chi connectivity index (χ4n) is 9.65. The van der Waals surface area contributed by atoms with Crippen molar-refractivity contribution < 1.29 is 26.3 Å². The summed E-state index contributed by atoms with van der Waals surface area (Å²) in [4.78, 5) is 0. The highest BCUT2D eigenvalue weighted by Gasteiger charge is 2.38. The number of fused-ring (bicyclic) bond motifs is 6. The lowest BCUT2D eigenvalue weighted by Gasteiger charge is -2.21. The Kier molecular flexibility index (Phi) is 9.90. The van der Waals surface area contributed by atoms with E-state index in [0.29, 0.717) is 34.1 Å². The number of rotatable bonds is 6. The molecule has 3 nitrogen and oxygen atoms in total. The summed E-state index contributed by atoms with van der Waals surface area (Å²) >= 11 is 0. The third-order valence-corrected chi connectivity index (χ3v) is 13.0. The van der Waals surface area contributed by atoms with E-state index < -0.39 is 29.0 Å². The quantitative estimate of drug-likeness (QED) is 0.153. The minimum atomic E-state index is -5.12. The maximum absolute atomic E-state index is 14.9. The zero-order valence-electron chi connectivity index (χ0n) is 36.5. The van der Waals surface area contributed by atoms with Crippen molar-refractivity contribution in [3.8, 4) is 62.0 Å². The molecule has 9 aromatic carbocycles. The van der Waals surface area contributed by atoms with Crippen molar-refractivity contribution in [2.45, 2.75) is 26.2 Å². The Balaban J connectivity index is 1.22. The SMILES string of the molecule is Cc1ccc(-c2ccc3c(c2)c2ccccc2n3-c2ccc(C#N)cc2-c2cc(-c3ccc(C(F)(F)F)cc3C(F)(F)F)ccc2-n2c3ccccc3c3cc(-c4ccc(C)cc4)ccc32)cc1. The number of nitriles is 1. The van der Waals surface area contributed by atoms with Gasteiger partial charge in [0.2, 0.25) is 0 Å². The molecule has 0 aliphatic heterocycles. The third-order valence-electron chi connectivity index (χ3n) is 13.0. The molecule has 0 saturated heterocycles. The molecule has 2 aromatic heterocycles. The van der Waals surface area contributed by atoms with Crippen molar-refractivity contribution in [2.24, 2.45) is 0 Å². The van der Waals surface area contributed by atoms with Crippen molar-refractivity contribution in [2.75, 3.05) is 0 Å². The van der Waals surface area contributed by atoms with Crippen molar-refractivity contribution in [1.82, 2.24) is 9.13 Å². The average molecular weight is 902 g/mol. The maximum Gasteiger partial charge on any atom is 0.417 e. The lowest BCUT2D eigenvalue weighted by Crippen LogP contribution is -2.12. The molecular formula is C59H37F6N3. The van der Waals surface area contributed by atoms with Crippen molar-refractivity contribution >= 4 is 43.6 Å². The molecule has 2 heterocycles. The summed E-state index contributed by atoms with van der Waals surface area (Å²) in [5.74, 6) is 0. The number of hydrogen-bond acceptors (Lipinski definition) is 1. The molecule has 11 rings (SSSR count). The molecule has 9 heteroatoms. The topological polar surface area (TPSA) is 33.6 Å². The van der Waals surface area contributed by atoms with E-state index in [9.17, 15) is 31.6 Å². The molecule has 0 bridgehead atoms. The van der Waals surface area contributed by atoms with Gasteiger partial charge < -0.3 is 9.13 Å². The summed E-state index contributed by atoms with van der Waals surface area (Å²) in [5, 5.41) is 14.3. The number of alkyl halides is 6. The highest BCUT2D eigenvalue weighted by atomic mass is 19.4. The largest absolute Gasteiger partial charge is 0.417 e. The maximum atomic E-state index is 14.9. The van der Waals surface area contributed by atoms with Gasteiger partial charge in [0.25, 0.3) is 0 Å². The molecule has 0 saturated carbocycles. The highest BCUT2D eigenvalue weighted by Crippen LogP contribution is 2.46. The molecule has 330 valence electrons. The van der Waals surface area contributed by atoms with Crippen LogP contribution in [0.5, 0.6) is 0 Å². The lowest BCUT2D eigenvalue weighted by molar-refractivity contribution is -0.142. The number of nitrogens with zero attached hydrogens (tertiary/aromatic N) is 3. The van der Waals surface area contributed by atoms with Gasteiger partial charge in [-0.2, -0.15) is 31.6 Å². The second-order valence-corrected chi connectivity index (χ2v) is 17.2. The van der Waals surface area contributed by atoms with Gasteiger partial charge in [-0.25, -0.2) is 0 Å². The fraction of sp³-hybridized carbons (Fsp3) is 0.0678. The Morgan fingerprint density at radius 2 is 0.838 bits per heavy atom. The Hall–Kier alpha value is -8.35. The van der Waals surface area contributed by atoms with Gasteiger partial charge in [-0.3, -0.25) is 0 Å². The van der Waals surface area contributed by atoms with Crippen LogP contribution in [-0.4, -0.2) is 9.13 Å². The number of halogens is 6. The smallest absolute Gasteiger partial charge is 0.309 e. The van der Waals surface area contributed by atoms with Gasteiger partial charge in [0.1, 0.15) is 0 Å². The number of benzene rings is 9. The molecule has 11 aromatic rings. The molecule has 0 radical (unpaired) electrons. The molecular weight excluding hydrogens is 865 g/mol. The Morgan fingerprint density at radius 3 is 1.34 bits per heavy atom. The van der Waals surface area contributed by atoms with Gasteiger partial charge in [0, 0.05) is 32.7 Å². The summed E-state index contributed by atoms with van der Waals surface area (Å²) in [5.41, 5.74) is 9.05. The minimum Gasteiger partial charge on any atom is -0.309 e. The van der Waals surface area contributed by atoms with E-state index in [1.54, 1.807) is 24.3 Å². The van der Waals surface area contributed by atoms with Crippen LogP contribution in [0.2, 0.25) is 0 Å². The van der Waals surface area contributed by atoms with Crippen LogP contribution in [0.25, 0.3) is 99.5 Å². The summed E-state index contributed by atoms with van der Waals surface area (Å²) in [6.45, 7) is 4.08. The first-order valence-electron chi connectivity index (χ1n) is 21.9. The van der Waals surface area contributed by atoms with Crippen LogP contribution in [0.4, 0.5) is 26.3 Å². The van der Waals surface area contributed by atoms with E-state index in [4.69, 9.17) is 0 Å². The number of aryl methyl sites for hydroxylation is 2. The zero-order chi connectivity index (χ0) is 47.1. The predicted molar refractivity (Wildman–Crippen MR) is 261 cm³/mol. The number of aromatic nitrogens is 2. The number of para-hydroxylation sites is 2. The van der Waals surface area contributed by atoms with E-state index in [-0.39, 0.29) is 11.6 Å². The molecule has 68 heavy (non-hydrogen) atoms. The van der Waals surface area contributed by atoms with Gasteiger partial charge in [0.05, 0.1) is 56.2 Å². The van der Waals surface area contributed by atoms with Crippen LogP contribution in [0.15, 0.2) is 188 Å². The standard InChI is InChI=1S/C59H37F6N3/c1-35-11-16-38(17-12-35)40-20-26-55-48(30-40)45-7-3-5-9-52(45)67(55)54-25-15-37(34-66)29-47(54)50-32-42(44-24-23-43(58(60,61)62)33-51(44)59(63,64)65)22-28-57(50)68-53-10-6-4-8-46(53)49-31-41(21-27-56(49)68)39-18-13-36(2)14-19-39/h3-33H,1-2H3.